The van der Waals surface area contributed by atoms with Gasteiger partial charge in [0.25, 0.3) is 5.91 Å². The van der Waals surface area contributed by atoms with Gasteiger partial charge in [-0.25, -0.2) is 22.9 Å². The Bertz CT molecular complexity index is 630. The molecule has 1 aromatic rings. The summed E-state index contributed by atoms with van der Waals surface area (Å²) in [5, 5.41) is 10.8. The van der Waals surface area contributed by atoms with Crippen LogP contribution in [0, 0.1) is 0 Å². The van der Waals surface area contributed by atoms with Gasteiger partial charge in [0.2, 0.25) is 15.9 Å². The van der Waals surface area contributed by atoms with Crippen LogP contribution in [0.5, 0.6) is 5.88 Å². The molecule has 1 aromatic heterocycles. The van der Waals surface area contributed by atoms with Gasteiger partial charge in [-0.2, -0.15) is 0 Å². The zero-order valence-corrected chi connectivity index (χ0v) is 13.4. The second-order valence-electron chi connectivity index (χ2n) is 4.53. The highest BCUT2D eigenvalue weighted by Crippen LogP contribution is 2.08. The molecule has 0 aliphatic rings. The second kappa shape index (κ2) is 9.06. The van der Waals surface area contributed by atoms with Crippen molar-refractivity contribution in [1.82, 2.24) is 15.0 Å². The minimum atomic E-state index is -3.68. The highest BCUT2D eigenvalue weighted by Gasteiger charge is 2.16. The van der Waals surface area contributed by atoms with E-state index in [0.717, 1.165) is 6.20 Å². The van der Waals surface area contributed by atoms with Crippen molar-refractivity contribution < 1.29 is 27.9 Å². The number of amides is 2. The van der Waals surface area contributed by atoms with Crippen LogP contribution in [0.15, 0.2) is 18.3 Å². The normalized spacial score (nSPS) is 10.9. The third-order valence-electron chi connectivity index (χ3n) is 2.59. The van der Waals surface area contributed by atoms with Crippen LogP contribution in [0.25, 0.3) is 0 Å². The zero-order valence-electron chi connectivity index (χ0n) is 12.6. The molecule has 0 saturated carbocycles. The molecule has 0 fully saturated rings. The fraction of sp³-hybridized carbons (Fsp3) is 0.462. The predicted octanol–water partition coefficient (Wildman–Crippen LogP) is 0.0220. The molecular formula is C13H19N3O6S. The van der Waals surface area contributed by atoms with Crippen LogP contribution >= 0.6 is 0 Å². The summed E-state index contributed by atoms with van der Waals surface area (Å²) in [6.45, 7) is 1.65. The van der Waals surface area contributed by atoms with Crippen LogP contribution in [0.3, 0.4) is 0 Å². The first-order valence-corrected chi connectivity index (χ1v) is 8.60. The average Bonchev–Trinajstić information content (AvgIpc) is 2.51. The van der Waals surface area contributed by atoms with Crippen LogP contribution < -0.4 is 14.8 Å². The standard InChI is InChI=1S/C13H19N3O6S/c1-2-3-8-23(20,21)16-12(18)10-4-5-11(15-9-10)22-13(19)14-6-7-17/h4-5,9,17H,2-3,6-8H2,1H3,(H,14,19)(H,16,18). The van der Waals surface area contributed by atoms with Crippen molar-refractivity contribution in [3.8, 4) is 5.88 Å². The molecule has 10 heteroatoms. The Morgan fingerprint density at radius 2 is 2.09 bits per heavy atom. The third-order valence-corrected chi connectivity index (χ3v) is 3.91. The number of carbonyl (C=O) groups is 2. The van der Waals surface area contributed by atoms with E-state index in [-0.39, 0.29) is 30.3 Å². The van der Waals surface area contributed by atoms with E-state index in [9.17, 15) is 18.0 Å². The summed E-state index contributed by atoms with van der Waals surface area (Å²) in [6, 6.07) is 2.54. The maximum absolute atomic E-state index is 11.8. The van der Waals surface area contributed by atoms with E-state index in [1.165, 1.54) is 12.1 Å². The SMILES string of the molecule is CCCCS(=O)(=O)NC(=O)c1ccc(OC(=O)NCCO)nc1. The van der Waals surface area contributed by atoms with Crippen LogP contribution in [0.1, 0.15) is 30.1 Å². The Balaban J connectivity index is 2.62. The van der Waals surface area contributed by atoms with Gasteiger partial charge in [-0.05, 0) is 12.5 Å². The van der Waals surface area contributed by atoms with Gasteiger partial charge in [0.05, 0.1) is 17.9 Å². The van der Waals surface area contributed by atoms with Gasteiger partial charge in [-0.1, -0.05) is 13.3 Å². The lowest BCUT2D eigenvalue weighted by Crippen LogP contribution is -2.32. The molecule has 0 unspecified atom stereocenters. The van der Waals surface area contributed by atoms with Crippen LogP contribution in [-0.2, 0) is 10.0 Å². The van der Waals surface area contributed by atoms with Gasteiger partial charge in [0.15, 0.2) is 0 Å². The molecule has 0 atom stereocenters. The average molecular weight is 345 g/mol. The summed E-state index contributed by atoms with van der Waals surface area (Å²) in [5.41, 5.74) is 0.0215. The molecule has 9 nitrogen and oxygen atoms in total. The fourth-order valence-electron chi connectivity index (χ4n) is 1.45. The van der Waals surface area contributed by atoms with Gasteiger partial charge >= 0.3 is 6.09 Å². The molecule has 0 bridgehead atoms. The first-order valence-electron chi connectivity index (χ1n) is 6.95. The van der Waals surface area contributed by atoms with Gasteiger partial charge in [0, 0.05) is 18.8 Å². The number of ether oxygens (including phenoxy) is 1. The van der Waals surface area contributed by atoms with E-state index in [0.29, 0.717) is 12.8 Å². The van der Waals surface area contributed by atoms with Gasteiger partial charge in [0.1, 0.15) is 0 Å². The number of rotatable bonds is 8. The number of nitrogens with one attached hydrogen (secondary N) is 2. The smallest absolute Gasteiger partial charge is 0.395 e. The van der Waals surface area contributed by atoms with Crippen molar-refractivity contribution in [2.45, 2.75) is 19.8 Å². The number of pyridine rings is 1. The van der Waals surface area contributed by atoms with E-state index in [4.69, 9.17) is 9.84 Å². The molecule has 1 heterocycles. The second-order valence-corrected chi connectivity index (χ2v) is 6.37. The van der Waals surface area contributed by atoms with Crippen molar-refractivity contribution in [3.63, 3.8) is 0 Å². The summed E-state index contributed by atoms with van der Waals surface area (Å²) in [5.74, 6) is -0.995. The van der Waals surface area contributed by atoms with Gasteiger partial charge < -0.3 is 15.2 Å². The van der Waals surface area contributed by atoms with Gasteiger partial charge in [-0.3, -0.25) is 4.79 Å². The van der Waals surface area contributed by atoms with Crippen molar-refractivity contribution in [2.24, 2.45) is 0 Å². The van der Waals surface area contributed by atoms with Crippen molar-refractivity contribution in [1.29, 1.82) is 0 Å². The topological polar surface area (TPSA) is 135 Å². The lowest BCUT2D eigenvalue weighted by Gasteiger charge is -2.07. The van der Waals surface area contributed by atoms with Crippen LogP contribution in [0.4, 0.5) is 4.79 Å². The largest absolute Gasteiger partial charge is 0.414 e. The zero-order chi connectivity index (χ0) is 17.3. The molecule has 0 saturated heterocycles. The van der Waals surface area contributed by atoms with Crippen molar-refractivity contribution in [3.05, 3.63) is 23.9 Å². The number of aromatic nitrogens is 1. The lowest BCUT2D eigenvalue weighted by molar-refractivity contribution is 0.0981. The molecule has 0 spiro atoms. The number of aliphatic hydroxyl groups excluding tert-OH is 1. The highest BCUT2D eigenvalue weighted by atomic mass is 32.2. The number of unbranched alkanes of at least 4 members (excludes halogenated alkanes) is 1. The molecule has 0 aliphatic heterocycles. The maximum Gasteiger partial charge on any atom is 0.414 e. The third kappa shape index (κ3) is 7.06. The van der Waals surface area contributed by atoms with Crippen molar-refractivity contribution in [2.75, 3.05) is 18.9 Å². The van der Waals surface area contributed by atoms with Crippen LogP contribution in [0.2, 0.25) is 0 Å². The van der Waals surface area contributed by atoms with Gasteiger partial charge in [-0.15, -0.1) is 0 Å². The summed E-state index contributed by atoms with van der Waals surface area (Å²) in [4.78, 5) is 26.8. The van der Waals surface area contributed by atoms with Crippen LogP contribution in [-0.4, -0.2) is 49.4 Å². The molecule has 0 aliphatic carbocycles. The number of nitrogens with zero attached hydrogens (tertiary/aromatic N) is 1. The summed E-state index contributed by atoms with van der Waals surface area (Å²) < 4.78 is 30.0. The Kier molecular flexibility index (Phi) is 7.42. The molecule has 23 heavy (non-hydrogen) atoms. The Labute approximate surface area is 134 Å². The number of hydrogen-bond donors (Lipinski definition) is 3. The minimum Gasteiger partial charge on any atom is -0.395 e. The van der Waals surface area contributed by atoms with E-state index < -0.39 is 22.0 Å². The molecule has 128 valence electrons. The Morgan fingerprint density at radius 3 is 2.65 bits per heavy atom. The number of sulfonamides is 1. The number of aliphatic hydroxyl groups is 1. The van der Waals surface area contributed by atoms with Crippen molar-refractivity contribution >= 4 is 22.0 Å². The summed E-state index contributed by atoms with van der Waals surface area (Å²) in [7, 11) is -3.68. The van der Waals surface area contributed by atoms with E-state index in [1.807, 2.05) is 11.6 Å². The predicted molar refractivity (Wildman–Crippen MR) is 81.5 cm³/mol. The molecule has 0 radical (unpaired) electrons. The summed E-state index contributed by atoms with van der Waals surface area (Å²) >= 11 is 0. The number of carbonyl (C=O) groups excluding carboxylic acids is 2. The monoisotopic (exact) mass is 345 g/mol. The first-order chi connectivity index (χ1) is 10.9. The molecular weight excluding hydrogens is 326 g/mol. The Morgan fingerprint density at radius 1 is 1.35 bits per heavy atom. The molecule has 0 aromatic carbocycles. The minimum absolute atomic E-state index is 0.0215. The van der Waals surface area contributed by atoms with E-state index in [1.54, 1.807) is 0 Å². The maximum atomic E-state index is 11.8. The quantitative estimate of drug-likeness (QED) is 0.604. The highest BCUT2D eigenvalue weighted by molar-refractivity contribution is 7.90. The number of hydrogen-bond acceptors (Lipinski definition) is 7. The van der Waals surface area contributed by atoms with E-state index >= 15 is 0 Å². The van der Waals surface area contributed by atoms with E-state index in [2.05, 4.69) is 10.3 Å². The molecule has 3 N–H and O–H groups in total. The first kappa shape index (κ1) is 18.8. The Hall–Kier alpha value is -2.20. The molecule has 2 amide bonds. The summed E-state index contributed by atoms with van der Waals surface area (Å²) in [6.07, 6.45) is 1.45. The molecule has 1 rings (SSSR count). The lowest BCUT2D eigenvalue weighted by atomic mass is 10.3. The fourth-order valence-corrected chi connectivity index (χ4v) is 2.62.